The molecular weight excluding hydrogens is 450 g/mol. The molecule has 0 bridgehead atoms. The van der Waals surface area contributed by atoms with E-state index < -0.39 is 10.0 Å². The molecule has 10 heteroatoms. The molecule has 0 aliphatic carbocycles. The van der Waals surface area contributed by atoms with Crippen molar-refractivity contribution in [1.82, 2.24) is 10.3 Å². The minimum Gasteiger partial charge on any atom is -0.495 e. The number of ether oxygens (including phenoxy) is 2. The molecule has 2 N–H and O–H groups in total. The van der Waals surface area contributed by atoms with E-state index in [-0.39, 0.29) is 27.7 Å². The van der Waals surface area contributed by atoms with Gasteiger partial charge >= 0.3 is 0 Å². The van der Waals surface area contributed by atoms with Crippen LogP contribution in [0.1, 0.15) is 30.5 Å². The number of hydrogen-bond acceptors (Lipinski definition) is 7. The summed E-state index contributed by atoms with van der Waals surface area (Å²) in [4.78, 5) is 16.1. The smallest absolute Gasteiger partial charge is 0.267 e. The first-order valence-electron chi connectivity index (χ1n) is 9.94. The van der Waals surface area contributed by atoms with E-state index in [1.807, 2.05) is 25.1 Å². The fourth-order valence-electron chi connectivity index (χ4n) is 3.57. The van der Waals surface area contributed by atoms with Crippen LogP contribution in [-0.4, -0.2) is 33.0 Å². The monoisotopic (exact) mass is 473 g/mol. The van der Waals surface area contributed by atoms with E-state index in [2.05, 4.69) is 15.0 Å². The zero-order chi connectivity index (χ0) is 22.9. The number of fused-ring (bicyclic) bond motifs is 1. The SMILES string of the molecule is COc1ccc(C)cc1S(=O)(=O)Nc1nc(-c2ccc3c(c2)C(NC(C)=O)CCO3)cs1. The number of sulfonamides is 1. The highest BCUT2D eigenvalue weighted by atomic mass is 32.2. The van der Waals surface area contributed by atoms with Crippen molar-refractivity contribution in [3.05, 3.63) is 52.9 Å². The van der Waals surface area contributed by atoms with Gasteiger partial charge in [-0.15, -0.1) is 11.3 Å². The van der Waals surface area contributed by atoms with Gasteiger partial charge in [0.15, 0.2) is 5.13 Å². The molecule has 4 rings (SSSR count). The Kier molecular flexibility index (Phi) is 6.07. The maximum atomic E-state index is 12.9. The van der Waals surface area contributed by atoms with E-state index in [0.29, 0.717) is 18.7 Å². The lowest BCUT2D eigenvalue weighted by atomic mass is 9.97. The molecule has 1 atom stereocenters. The van der Waals surface area contributed by atoms with Crippen molar-refractivity contribution in [2.24, 2.45) is 0 Å². The highest BCUT2D eigenvalue weighted by Crippen LogP contribution is 2.36. The van der Waals surface area contributed by atoms with Gasteiger partial charge in [0.2, 0.25) is 5.91 Å². The van der Waals surface area contributed by atoms with Gasteiger partial charge in [-0.1, -0.05) is 6.07 Å². The molecule has 0 saturated heterocycles. The molecule has 3 aromatic rings. The van der Waals surface area contributed by atoms with Crippen molar-refractivity contribution in [3.8, 4) is 22.8 Å². The first kappa shape index (κ1) is 22.1. The van der Waals surface area contributed by atoms with Crippen molar-refractivity contribution in [3.63, 3.8) is 0 Å². The third kappa shape index (κ3) is 4.56. The lowest BCUT2D eigenvalue weighted by Gasteiger charge is -2.26. The maximum Gasteiger partial charge on any atom is 0.267 e. The minimum absolute atomic E-state index is 0.0563. The summed E-state index contributed by atoms with van der Waals surface area (Å²) in [6.45, 7) is 3.83. The Bertz CT molecular complexity index is 1270. The fraction of sp³-hybridized carbons (Fsp3) is 0.273. The summed E-state index contributed by atoms with van der Waals surface area (Å²) in [7, 11) is -2.45. The lowest BCUT2D eigenvalue weighted by Crippen LogP contribution is -2.30. The van der Waals surface area contributed by atoms with Crippen LogP contribution in [0.25, 0.3) is 11.3 Å². The number of anilines is 1. The molecule has 168 valence electrons. The van der Waals surface area contributed by atoms with Gasteiger partial charge in [-0.25, -0.2) is 13.4 Å². The average Bonchev–Trinajstić information content (AvgIpc) is 3.21. The molecule has 0 radical (unpaired) electrons. The second-order valence-corrected chi connectivity index (χ2v) is 9.95. The van der Waals surface area contributed by atoms with Gasteiger partial charge in [0.25, 0.3) is 10.0 Å². The largest absolute Gasteiger partial charge is 0.495 e. The average molecular weight is 474 g/mol. The lowest BCUT2D eigenvalue weighted by molar-refractivity contribution is -0.119. The number of nitrogens with zero attached hydrogens (tertiary/aromatic N) is 1. The molecule has 2 heterocycles. The summed E-state index contributed by atoms with van der Waals surface area (Å²) in [6, 6.07) is 10.5. The van der Waals surface area contributed by atoms with Crippen LogP contribution in [0.15, 0.2) is 46.7 Å². The summed E-state index contributed by atoms with van der Waals surface area (Å²) >= 11 is 1.19. The van der Waals surface area contributed by atoms with Crippen LogP contribution in [-0.2, 0) is 14.8 Å². The van der Waals surface area contributed by atoms with Crippen molar-refractivity contribution in [2.45, 2.75) is 31.2 Å². The molecule has 0 fully saturated rings. The first-order valence-corrected chi connectivity index (χ1v) is 12.3. The predicted molar refractivity (Wildman–Crippen MR) is 123 cm³/mol. The third-order valence-corrected chi connectivity index (χ3v) is 7.30. The normalized spacial score (nSPS) is 15.4. The number of benzene rings is 2. The Morgan fingerprint density at radius 3 is 2.81 bits per heavy atom. The Morgan fingerprint density at radius 1 is 1.25 bits per heavy atom. The number of rotatable bonds is 6. The molecule has 2 aromatic carbocycles. The van der Waals surface area contributed by atoms with E-state index >= 15 is 0 Å². The molecule has 0 spiro atoms. The van der Waals surface area contributed by atoms with Gasteiger partial charge in [-0.05, 0) is 42.8 Å². The van der Waals surface area contributed by atoms with Crippen LogP contribution in [0.5, 0.6) is 11.5 Å². The van der Waals surface area contributed by atoms with Crippen LogP contribution in [0.4, 0.5) is 5.13 Å². The first-order chi connectivity index (χ1) is 15.3. The van der Waals surface area contributed by atoms with Gasteiger partial charge in [0, 0.05) is 29.9 Å². The summed E-state index contributed by atoms with van der Waals surface area (Å²) in [5, 5.41) is 4.97. The van der Waals surface area contributed by atoms with Gasteiger partial charge in [-0.3, -0.25) is 9.52 Å². The summed E-state index contributed by atoms with van der Waals surface area (Å²) in [6.07, 6.45) is 0.677. The van der Waals surface area contributed by atoms with Gasteiger partial charge in [-0.2, -0.15) is 0 Å². The predicted octanol–water partition coefficient (Wildman–Crippen LogP) is 3.89. The zero-order valence-electron chi connectivity index (χ0n) is 17.8. The number of amides is 1. The molecule has 1 amide bonds. The number of carbonyl (C=O) groups excluding carboxylic acids is 1. The van der Waals surface area contributed by atoms with Crippen LogP contribution in [0.3, 0.4) is 0 Å². The fourth-order valence-corrected chi connectivity index (χ4v) is 5.79. The molecule has 1 aliphatic rings. The molecule has 32 heavy (non-hydrogen) atoms. The van der Waals surface area contributed by atoms with Crippen LogP contribution < -0.4 is 19.5 Å². The molecule has 1 unspecified atom stereocenters. The number of thiazole rings is 1. The van der Waals surface area contributed by atoms with Gasteiger partial charge < -0.3 is 14.8 Å². The van der Waals surface area contributed by atoms with Crippen LogP contribution in [0, 0.1) is 6.92 Å². The van der Waals surface area contributed by atoms with Crippen LogP contribution in [0.2, 0.25) is 0 Å². The summed E-state index contributed by atoms with van der Waals surface area (Å²) in [5.41, 5.74) is 3.11. The maximum absolute atomic E-state index is 12.9. The molecule has 0 saturated carbocycles. The topological polar surface area (TPSA) is 107 Å². The highest BCUT2D eigenvalue weighted by Gasteiger charge is 2.24. The number of methoxy groups -OCH3 is 1. The summed E-state index contributed by atoms with van der Waals surface area (Å²) in [5.74, 6) is 0.880. The Balaban J connectivity index is 1.61. The van der Waals surface area contributed by atoms with E-state index in [0.717, 1.165) is 22.4 Å². The standard InChI is InChI=1S/C22H23N3O5S2/c1-13-4-6-20(29-3)21(10-13)32(27,28)25-22-24-18(12-31-22)15-5-7-19-16(11-15)17(8-9-30-19)23-14(2)26/h4-7,10-12,17H,8-9H2,1-3H3,(H,23,26)(H,24,25). The Morgan fingerprint density at radius 2 is 2.06 bits per heavy atom. The molecule has 8 nitrogen and oxygen atoms in total. The van der Waals surface area contributed by atoms with Crippen LogP contribution >= 0.6 is 11.3 Å². The van der Waals surface area contributed by atoms with E-state index in [1.165, 1.54) is 25.4 Å². The van der Waals surface area contributed by atoms with E-state index in [9.17, 15) is 13.2 Å². The number of aromatic nitrogens is 1. The Hall–Kier alpha value is -3.11. The highest BCUT2D eigenvalue weighted by molar-refractivity contribution is 7.93. The molecular formula is C22H23N3O5S2. The zero-order valence-corrected chi connectivity index (χ0v) is 19.5. The van der Waals surface area contributed by atoms with Crippen molar-refractivity contribution >= 4 is 32.4 Å². The van der Waals surface area contributed by atoms with E-state index in [4.69, 9.17) is 9.47 Å². The second kappa shape index (κ2) is 8.79. The van der Waals surface area contributed by atoms with E-state index in [1.54, 1.807) is 23.6 Å². The second-order valence-electron chi connectivity index (χ2n) is 7.44. The summed E-state index contributed by atoms with van der Waals surface area (Å²) < 4.78 is 39.3. The molecule has 1 aromatic heterocycles. The quantitative estimate of drug-likeness (QED) is 0.563. The minimum atomic E-state index is -3.88. The number of carbonyl (C=O) groups is 1. The third-order valence-electron chi connectivity index (χ3n) is 5.06. The number of aryl methyl sites for hydroxylation is 1. The van der Waals surface area contributed by atoms with Crippen molar-refractivity contribution in [2.75, 3.05) is 18.4 Å². The Labute approximate surface area is 190 Å². The van der Waals surface area contributed by atoms with Crippen molar-refractivity contribution in [1.29, 1.82) is 0 Å². The number of nitrogens with one attached hydrogen (secondary N) is 2. The van der Waals surface area contributed by atoms with Gasteiger partial charge in [0.05, 0.1) is 25.5 Å². The van der Waals surface area contributed by atoms with Gasteiger partial charge in [0.1, 0.15) is 16.4 Å². The number of hydrogen-bond donors (Lipinski definition) is 2. The molecule has 1 aliphatic heterocycles. The van der Waals surface area contributed by atoms with Crippen molar-refractivity contribution < 1.29 is 22.7 Å².